The molecule has 7 heteroatoms. The number of nitrogens with zero attached hydrogens (tertiary/aromatic N) is 3. The molecule has 0 saturated carbocycles. The first-order valence-electron chi connectivity index (χ1n) is 11.2. The number of aromatic nitrogens is 1. The molecule has 3 heterocycles. The molecule has 0 unspecified atom stereocenters. The van der Waals surface area contributed by atoms with E-state index in [1.165, 1.54) is 5.56 Å². The second kappa shape index (κ2) is 8.65. The van der Waals surface area contributed by atoms with E-state index in [2.05, 4.69) is 46.5 Å². The van der Waals surface area contributed by atoms with Gasteiger partial charge < -0.3 is 23.9 Å². The molecule has 0 bridgehead atoms. The largest absolute Gasteiger partial charge is 0.497 e. The molecule has 0 radical (unpaired) electrons. The van der Waals surface area contributed by atoms with Gasteiger partial charge in [0, 0.05) is 68.5 Å². The molecule has 5 rings (SSSR count). The Labute approximate surface area is 188 Å². The minimum atomic E-state index is -0.536. The van der Waals surface area contributed by atoms with Crippen molar-refractivity contribution in [1.82, 2.24) is 14.4 Å². The average molecular weight is 438 g/mol. The Morgan fingerprint density at radius 2 is 1.75 bits per heavy atom. The summed E-state index contributed by atoms with van der Waals surface area (Å²) in [6.45, 7) is 7.75. The van der Waals surface area contributed by atoms with Crippen molar-refractivity contribution in [2.24, 2.45) is 7.05 Å². The number of aliphatic hydroxyl groups excluding tert-OH is 1. The number of aliphatic hydroxyl groups is 1. The van der Waals surface area contributed by atoms with Crippen LogP contribution < -0.4 is 14.2 Å². The topological polar surface area (TPSA) is 59.3 Å². The van der Waals surface area contributed by atoms with E-state index >= 15 is 0 Å². The summed E-state index contributed by atoms with van der Waals surface area (Å²) in [5.74, 6) is 2.48. The highest BCUT2D eigenvalue weighted by Crippen LogP contribution is 2.34. The fourth-order valence-electron chi connectivity index (χ4n) is 4.89. The van der Waals surface area contributed by atoms with Crippen LogP contribution in [0.4, 0.5) is 0 Å². The van der Waals surface area contributed by atoms with E-state index in [1.54, 1.807) is 7.11 Å². The monoisotopic (exact) mass is 437 g/mol. The normalized spacial score (nSPS) is 17.8. The van der Waals surface area contributed by atoms with Crippen molar-refractivity contribution in [3.8, 4) is 17.2 Å². The summed E-state index contributed by atoms with van der Waals surface area (Å²) in [4.78, 5) is 4.81. The Morgan fingerprint density at radius 3 is 2.53 bits per heavy atom. The van der Waals surface area contributed by atoms with Crippen molar-refractivity contribution < 1.29 is 19.3 Å². The van der Waals surface area contributed by atoms with Crippen LogP contribution in [0.5, 0.6) is 17.2 Å². The minimum Gasteiger partial charge on any atom is -0.497 e. The Hall–Kier alpha value is -2.74. The molecule has 7 nitrogen and oxygen atoms in total. The molecule has 170 valence electrons. The number of β-amino-alcohol motifs (C(OH)–C–C–N with tert-alkyl or cyclic N) is 1. The summed E-state index contributed by atoms with van der Waals surface area (Å²) in [6.07, 6.45) is -0.536. The summed E-state index contributed by atoms with van der Waals surface area (Å²) < 4.78 is 18.5. The van der Waals surface area contributed by atoms with Crippen LogP contribution in [0.1, 0.15) is 22.9 Å². The third kappa shape index (κ3) is 3.92. The van der Waals surface area contributed by atoms with Crippen molar-refractivity contribution in [3.05, 3.63) is 53.2 Å². The molecule has 1 aromatic heterocycles. The van der Waals surface area contributed by atoms with Crippen LogP contribution in [0.15, 0.2) is 36.4 Å². The van der Waals surface area contributed by atoms with Gasteiger partial charge in [0.15, 0.2) is 11.5 Å². The van der Waals surface area contributed by atoms with Crippen molar-refractivity contribution in [2.45, 2.75) is 19.6 Å². The van der Waals surface area contributed by atoms with Crippen molar-refractivity contribution in [3.63, 3.8) is 0 Å². The third-order valence-electron chi connectivity index (χ3n) is 6.82. The molecular formula is C25H31N3O4. The van der Waals surface area contributed by atoms with Crippen molar-refractivity contribution in [1.29, 1.82) is 0 Å². The number of ether oxygens (including phenoxy) is 3. The summed E-state index contributed by atoms with van der Waals surface area (Å²) in [5.41, 5.74) is 4.46. The lowest BCUT2D eigenvalue weighted by Gasteiger charge is -2.35. The third-order valence-corrected chi connectivity index (χ3v) is 6.82. The van der Waals surface area contributed by atoms with Crippen LogP contribution >= 0.6 is 0 Å². The van der Waals surface area contributed by atoms with Gasteiger partial charge in [-0.2, -0.15) is 0 Å². The molecule has 1 fully saturated rings. The van der Waals surface area contributed by atoms with Crippen molar-refractivity contribution >= 4 is 10.9 Å². The fourth-order valence-corrected chi connectivity index (χ4v) is 4.89. The maximum absolute atomic E-state index is 11.2. The Morgan fingerprint density at radius 1 is 1.00 bits per heavy atom. The SMILES string of the molecule is COc1ccc2c(c1)c([C@H](O)CN1CCN(Cc3ccc4c(c3)OCO4)CC1)c(C)n2C. The lowest BCUT2D eigenvalue weighted by atomic mass is 10.0. The summed E-state index contributed by atoms with van der Waals surface area (Å²) in [7, 11) is 3.73. The lowest BCUT2D eigenvalue weighted by molar-refractivity contribution is 0.0703. The predicted octanol–water partition coefficient (Wildman–Crippen LogP) is 3.08. The Bertz CT molecular complexity index is 1120. The number of methoxy groups -OCH3 is 1. The predicted molar refractivity (Wildman–Crippen MR) is 123 cm³/mol. The minimum absolute atomic E-state index is 0.308. The van der Waals surface area contributed by atoms with E-state index in [0.29, 0.717) is 13.3 Å². The van der Waals surface area contributed by atoms with Crippen LogP contribution in [-0.4, -0.2) is 66.1 Å². The fraction of sp³-hybridized carbons (Fsp3) is 0.440. The molecule has 2 aromatic carbocycles. The van der Waals surface area contributed by atoms with Crippen LogP contribution in [0.25, 0.3) is 10.9 Å². The highest BCUT2D eigenvalue weighted by molar-refractivity contribution is 5.87. The Balaban J connectivity index is 1.22. The van der Waals surface area contributed by atoms with Gasteiger partial charge in [-0.05, 0) is 42.8 Å². The Kier molecular flexibility index (Phi) is 5.71. The molecule has 2 aliphatic rings. The molecule has 1 saturated heterocycles. The van der Waals surface area contributed by atoms with Gasteiger partial charge in [-0.1, -0.05) is 6.07 Å². The first kappa shape index (κ1) is 21.1. The van der Waals surface area contributed by atoms with Gasteiger partial charge in [-0.3, -0.25) is 9.80 Å². The van der Waals surface area contributed by atoms with Gasteiger partial charge in [0.05, 0.1) is 13.2 Å². The number of aryl methyl sites for hydroxylation is 1. The molecule has 0 aliphatic carbocycles. The molecule has 3 aromatic rings. The molecule has 1 atom stereocenters. The molecule has 1 N–H and O–H groups in total. The summed E-state index contributed by atoms with van der Waals surface area (Å²) >= 11 is 0. The zero-order chi connectivity index (χ0) is 22.2. The molecule has 32 heavy (non-hydrogen) atoms. The zero-order valence-corrected chi connectivity index (χ0v) is 19.0. The van der Waals surface area contributed by atoms with Crippen LogP contribution in [0, 0.1) is 6.92 Å². The van der Waals surface area contributed by atoms with Gasteiger partial charge in [0.2, 0.25) is 6.79 Å². The van der Waals surface area contributed by atoms with E-state index < -0.39 is 6.10 Å². The number of rotatable bonds is 6. The van der Waals surface area contributed by atoms with E-state index in [4.69, 9.17) is 14.2 Å². The molecule has 2 aliphatic heterocycles. The first-order valence-corrected chi connectivity index (χ1v) is 11.2. The standard InChI is InChI=1S/C25H31N3O4/c1-17-25(20-13-19(30-3)5-6-21(20)26(17)2)22(29)15-28-10-8-27(9-11-28)14-18-4-7-23-24(12-18)32-16-31-23/h4-7,12-13,22,29H,8-11,14-16H2,1-3H3/t22-/m1/s1. The molecule has 0 amide bonds. The van der Waals surface area contributed by atoms with Gasteiger partial charge in [0.1, 0.15) is 5.75 Å². The number of fused-ring (bicyclic) bond motifs is 2. The second-order valence-corrected chi connectivity index (χ2v) is 8.72. The van der Waals surface area contributed by atoms with Crippen LogP contribution in [0.3, 0.4) is 0 Å². The van der Waals surface area contributed by atoms with Crippen LogP contribution in [-0.2, 0) is 13.6 Å². The maximum Gasteiger partial charge on any atom is 0.231 e. The van der Waals surface area contributed by atoms with Crippen LogP contribution in [0.2, 0.25) is 0 Å². The van der Waals surface area contributed by atoms with Gasteiger partial charge in [0.25, 0.3) is 0 Å². The van der Waals surface area contributed by atoms with E-state index in [-0.39, 0.29) is 0 Å². The number of benzene rings is 2. The highest BCUT2D eigenvalue weighted by atomic mass is 16.7. The van der Waals surface area contributed by atoms with Gasteiger partial charge in [-0.15, -0.1) is 0 Å². The lowest BCUT2D eigenvalue weighted by Crippen LogP contribution is -2.47. The van der Waals surface area contributed by atoms with E-state index in [1.807, 2.05) is 18.2 Å². The van der Waals surface area contributed by atoms with Crippen molar-refractivity contribution in [2.75, 3.05) is 46.6 Å². The zero-order valence-electron chi connectivity index (χ0n) is 19.0. The summed E-state index contributed by atoms with van der Waals surface area (Å²) in [5, 5.41) is 12.3. The second-order valence-electron chi connectivity index (χ2n) is 8.72. The average Bonchev–Trinajstić information content (AvgIpc) is 3.37. The van der Waals surface area contributed by atoms with E-state index in [9.17, 15) is 5.11 Å². The smallest absolute Gasteiger partial charge is 0.231 e. The number of hydrogen-bond donors (Lipinski definition) is 1. The molecule has 0 spiro atoms. The van der Waals surface area contributed by atoms with Gasteiger partial charge >= 0.3 is 0 Å². The number of hydrogen-bond acceptors (Lipinski definition) is 6. The highest BCUT2D eigenvalue weighted by Gasteiger charge is 2.24. The van der Waals surface area contributed by atoms with Gasteiger partial charge in [-0.25, -0.2) is 0 Å². The van der Waals surface area contributed by atoms with E-state index in [0.717, 1.165) is 72.1 Å². The summed E-state index contributed by atoms with van der Waals surface area (Å²) in [6, 6.07) is 12.2. The molecular weight excluding hydrogens is 406 g/mol. The number of piperazine rings is 1. The first-order chi connectivity index (χ1) is 15.5. The maximum atomic E-state index is 11.2. The quantitative estimate of drug-likeness (QED) is 0.640.